The second kappa shape index (κ2) is 5.18. The molecule has 0 radical (unpaired) electrons. The number of ether oxygens (including phenoxy) is 1. The summed E-state index contributed by atoms with van der Waals surface area (Å²) < 4.78 is 25.5. The van der Waals surface area contributed by atoms with E-state index in [4.69, 9.17) is 5.14 Å². The highest BCUT2D eigenvalue weighted by molar-refractivity contribution is 7.89. The van der Waals surface area contributed by atoms with Crippen molar-refractivity contribution in [3.05, 3.63) is 0 Å². The number of esters is 1. The van der Waals surface area contributed by atoms with Crippen LogP contribution in [0.4, 0.5) is 0 Å². The summed E-state index contributed by atoms with van der Waals surface area (Å²) in [5.41, 5.74) is 0. The first-order valence-electron chi connectivity index (χ1n) is 4.04. The number of sulfonamides is 1. The van der Waals surface area contributed by atoms with E-state index < -0.39 is 10.0 Å². The Kier molecular flexibility index (Phi) is 4.94. The van der Waals surface area contributed by atoms with E-state index in [9.17, 15) is 13.2 Å². The fourth-order valence-electron chi connectivity index (χ4n) is 0.567. The van der Waals surface area contributed by atoms with E-state index in [1.165, 1.54) is 0 Å². The van der Waals surface area contributed by atoms with E-state index in [0.717, 1.165) is 0 Å². The minimum absolute atomic E-state index is 0.165. The van der Waals surface area contributed by atoms with Crippen LogP contribution >= 0.6 is 0 Å². The van der Waals surface area contributed by atoms with Gasteiger partial charge in [-0.2, -0.15) is 0 Å². The van der Waals surface area contributed by atoms with Gasteiger partial charge in [-0.3, -0.25) is 4.79 Å². The molecule has 0 aromatic heterocycles. The maximum atomic E-state index is 11.0. The van der Waals surface area contributed by atoms with Crippen LogP contribution in [0.25, 0.3) is 0 Å². The quantitative estimate of drug-likeness (QED) is 0.639. The third-order valence-electron chi connectivity index (χ3n) is 1.63. The van der Waals surface area contributed by atoms with Gasteiger partial charge in [-0.1, -0.05) is 13.8 Å². The lowest BCUT2D eigenvalue weighted by atomic mass is 10.1. The van der Waals surface area contributed by atoms with Gasteiger partial charge in [0.05, 0.1) is 11.7 Å². The molecule has 0 spiro atoms. The van der Waals surface area contributed by atoms with Crippen molar-refractivity contribution in [2.24, 2.45) is 11.1 Å². The Morgan fingerprint density at radius 2 is 2.08 bits per heavy atom. The van der Waals surface area contributed by atoms with Crippen LogP contribution in [0.15, 0.2) is 0 Å². The van der Waals surface area contributed by atoms with Crippen molar-refractivity contribution in [1.82, 2.24) is 0 Å². The van der Waals surface area contributed by atoms with Crippen LogP contribution in [-0.2, 0) is 19.6 Å². The topological polar surface area (TPSA) is 86.5 Å². The summed E-state index contributed by atoms with van der Waals surface area (Å²) in [5, 5.41) is 4.71. The van der Waals surface area contributed by atoms with E-state index in [0.29, 0.717) is 6.42 Å². The molecule has 78 valence electrons. The number of carbonyl (C=O) groups is 1. The molecule has 0 aromatic rings. The Labute approximate surface area is 78.3 Å². The van der Waals surface area contributed by atoms with E-state index in [-0.39, 0.29) is 24.2 Å². The molecule has 5 nitrogen and oxygen atoms in total. The molecule has 0 bridgehead atoms. The van der Waals surface area contributed by atoms with Crippen LogP contribution in [0.5, 0.6) is 0 Å². The maximum absolute atomic E-state index is 11.0. The third-order valence-corrected chi connectivity index (χ3v) is 2.36. The number of hydrogen-bond donors (Lipinski definition) is 1. The minimum Gasteiger partial charge on any atom is -0.464 e. The molecule has 13 heavy (non-hydrogen) atoms. The molecule has 1 unspecified atom stereocenters. The third kappa shape index (κ3) is 6.53. The smallest absolute Gasteiger partial charge is 0.308 e. The summed E-state index contributed by atoms with van der Waals surface area (Å²) in [6.07, 6.45) is 0.675. The predicted octanol–water partition coefficient (Wildman–Crippen LogP) is -0.136. The summed E-state index contributed by atoms with van der Waals surface area (Å²) in [7, 11) is -3.53. The molecular weight excluding hydrogens is 194 g/mol. The van der Waals surface area contributed by atoms with Gasteiger partial charge in [-0.05, 0) is 6.42 Å². The van der Waals surface area contributed by atoms with Crippen LogP contribution in [0.1, 0.15) is 20.3 Å². The van der Waals surface area contributed by atoms with Gasteiger partial charge in [0.1, 0.15) is 6.61 Å². The summed E-state index contributed by atoms with van der Waals surface area (Å²) in [6, 6.07) is 0. The molecule has 0 amide bonds. The van der Waals surface area contributed by atoms with Gasteiger partial charge in [0.15, 0.2) is 0 Å². The molecule has 0 saturated heterocycles. The summed E-state index contributed by atoms with van der Waals surface area (Å²) in [6.45, 7) is 3.41. The van der Waals surface area contributed by atoms with E-state index in [1.807, 2.05) is 6.92 Å². The van der Waals surface area contributed by atoms with E-state index >= 15 is 0 Å². The van der Waals surface area contributed by atoms with Gasteiger partial charge >= 0.3 is 5.97 Å². The summed E-state index contributed by atoms with van der Waals surface area (Å²) in [5.74, 6) is -0.901. The molecule has 0 aromatic carbocycles. The monoisotopic (exact) mass is 209 g/mol. The Morgan fingerprint density at radius 1 is 1.54 bits per heavy atom. The van der Waals surface area contributed by atoms with Crippen molar-refractivity contribution in [3.63, 3.8) is 0 Å². The number of nitrogens with two attached hydrogens (primary N) is 1. The zero-order valence-corrected chi connectivity index (χ0v) is 8.63. The average molecular weight is 209 g/mol. The predicted molar refractivity (Wildman–Crippen MR) is 48.4 cm³/mol. The van der Waals surface area contributed by atoms with E-state index in [2.05, 4.69) is 4.74 Å². The lowest BCUT2D eigenvalue weighted by Crippen LogP contribution is -2.23. The van der Waals surface area contributed by atoms with Gasteiger partial charge in [-0.15, -0.1) is 0 Å². The highest BCUT2D eigenvalue weighted by Crippen LogP contribution is 2.02. The van der Waals surface area contributed by atoms with E-state index in [1.54, 1.807) is 6.92 Å². The lowest BCUT2D eigenvalue weighted by molar-refractivity contribution is -0.147. The fraction of sp³-hybridized carbons (Fsp3) is 0.857. The molecule has 0 aliphatic heterocycles. The van der Waals surface area contributed by atoms with Gasteiger partial charge in [0.25, 0.3) is 0 Å². The van der Waals surface area contributed by atoms with Crippen LogP contribution in [0.2, 0.25) is 0 Å². The zero-order valence-electron chi connectivity index (χ0n) is 7.82. The molecule has 2 N–H and O–H groups in total. The largest absolute Gasteiger partial charge is 0.464 e. The average Bonchev–Trinajstić information content (AvgIpc) is 2.00. The number of primary sulfonamides is 1. The van der Waals surface area contributed by atoms with Crippen molar-refractivity contribution < 1.29 is 17.9 Å². The van der Waals surface area contributed by atoms with Crippen molar-refractivity contribution in [3.8, 4) is 0 Å². The molecule has 1 atom stereocenters. The fourth-order valence-corrected chi connectivity index (χ4v) is 0.883. The van der Waals surface area contributed by atoms with Gasteiger partial charge in [-0.25, -0.2) is 13.6 Å². The minimum atomic E-state index is -3.53. The SMILES string of the molecule is CCC(C)C(=O)OCCS(N)(=O)=O. The number of hydrogen-bond acceptors (Lipinski definition) is 4. The Balaban J connectivity index is 3.72. The summed E-state index contributed by atoms with van der Waals surface area (Å²) >= 11 is 0. The molecule has 0 saturated carbocycles. The lowest BCUT2D eigenvalue weighted by Gasteiger charge is -2.07. The summed E-state index contributed by atoms with van der Waals surface area (Å²) in [4.78, 5) is 11.0. The normalized spacial score (nSPS) is 13.8. The van der Waals surface area contributed by atoms with Gasteiger partial charge < -0.3 is 4.74 Å². The van der Waals surface area contributed by atoms with Crippen molar-refractivity contribution in [1.29, 1.82) is 0 Å². The van der Waals surface area contributed by atoms with Crippen molar-refractivity contribution in [2.75, 3.05) is 12.4 Å². The maximum Gasteiger partial charge on any atom is 0.308 e. The standard InChI is InChI=1S/C7H15NO4S/c1-3-6(2)7(9)12-4-5-13(8,10)11/h6H,3-5H2,1-2H3,(H2,8,10,11). The zero-order chi connectivity index (χ0) is 10.5. The van der Waals surface area contributed by atoms with Gasteiger partial charge in [0, 0.05) is 0 Å². The molecule has 0 rings (SSSR count). The van der Waals surface area contributed by atoms with Gasteiger partial charge in [0.2, 0.25) is 10.0 Å². The van der Waals surface area contributed by atoms with Crippen LogP contribution in [0.3, 0.4) is 0 Å². The highest BCUT2D eigenvalue weighted by Gasteiger charge is 2.12. The number of carbonyl (C=O) groups excluding carboxylic acids is 1. The second-order valence-corrected chi connectivity index (χ2v) is 4.58. The Morgan fingerprint density at radius 3 is 2.46 bits per heavy atom. The Hall–Kier alpha value is -0.620. The second-order valence-electron chi connectivity index (χ2n) is 2.84. The van der Waals surface area contributed by atoms with Crippen molar-refractivity contribution >= 4 is 16.0 Å². The first-order chi connectivity index (χ1) is 5.87. The molecule has 0 aliphatic carbocycles. The molecule has 0 heterocycles. The Bertz CT molecular complexity index is 260. The molecule has 0 aliphatic rings. The molecular formula is C7H15NO4S. The highest BCUT2D eigenvalue weighted by atomic mass is 32.2. The molecule has 6 heteroatoms. The van der Waals surface area contributed by atoms with Crippen molar-refractivity contribution in [2.45, 2.75) is 20.3 Å². The number of rotatable bonds is 5. The first kappa shape index (κ1) is 12.4. The van der Waals surface area contributed by atoms with Crippen LogP contribution < -0.4 is 5.14 Å². The molecule has 0 fully saturated rings. The van der Waals surface area contributed by atoms with Crippen LogP contribution in [0, 0.1) is 5.92 Å². The van der Waals surface area contributed by atoms with Crippen LogP contribution in [-0.4, -0.2) is 26.7 Å². The first-order valence-corrected chi connectivity index (χ1v) is 5.75.